The van der Waals surface area contributed by atoms with Gasteiger partial charge in [-0.1, -0.05) is 0 Å². The number of rotatable bonds is 5. The van der Waals surface area contributed by atoms with Gasteiger partial charge in [-0.15, -0.1) is 0 Å². The number of pyridine rings is 1. The van der Waals surface area contributed by atoms with E-state index in [0.717, 1.165) is 19.4 Å². The monoisotopic (exact) mass is 302 g/mol. The third-order valence-electron chi connectivity index (χ3n) is 3.77. The van der Waals surface area contributed by atoms with Crippen molar-refractivity contribution in [3.05, 3.63) is 23.9 Å². The van der Waals surface area contributed by atoms with Gasteiger partial charge in [0.2, 0.25) is 5.91 Å². The maximum Gasteiger partial charge on any atom is 0.242 e. The fraction of sp³-hybridized carbons (Fsp3) is 0.562. The number of carbonyl (C=O) groups excluding carboxylic acids is 1. The molecule has 22 heavy (non-hydrogen) atoms. The highest BCUT2D eigenvalue weighted by Crippen LogP contribution is 2.15. The number of likely N-dealkylation sites (tertiary alicyclic amines) is 1. The van der Waals surface area contributed by atoms with Gasteiger partial charge in [-0.05, 0) is 31.9 Å². The lowest BCUT2D eigenvalue weighted by Crippen LogP contribution is -2.46. The molecule has 2 rings (SSSR count). The van der Waals surface area contributed by atoms with Gasteiger partial charge in [0.1, 0.15) is 11.9 Å². The maximum absolute atomic E-state index is 12.4. The highest BCUT2D eigenvalue weighted by Gasteiger charge is 2.24. The van der Waals surface area contributed by atoms with Crippen LogP contribution in [0.3, 0.4) is 0 Å². The number of anilines is 1. The highest BCUT2D eigenvalue weighted by atomic mass is 16.5. The molecule has 118 valence electrons. The fourth-order valence-electron chi connectivity index (χ4n) is 2.60. The smallest absolute Gasteiger partial charge is 0.242 e. The summed E-state index contributed by atoms with van der Waals surface area (Å²) in [6.45, 7) is 4.39. The zero-order chi connectivity index (χ0) is 15.9. The van der Waals surface area contributed by atoms with Gasteiger partial charge in [0, 0.05) is 32.9 Å². The van der Waals surface area contributed by atoms with Gasteiger partial charge < -0.3 is 14.5 Å². The molecule has 1 aliphatic rings. The summed E-state index contributed by atoms with van der Waals surface area (Å²) in [6, 6.07) is 5.49. The number of carbonyl (C=O) groups is 1. The summed E-state index contributed by atoms with van der Waals surface area (Å²) in [5.41, 5.74) is 0.513. The van der Waals surface area contributed by atoms with E-state index >= 15 is 0 Å². The van der Waals surface area contributed by atoms with Crippen LogP contribution in [0.1, 0.15) is 25.3 Å². The van der Waals surface area contributed by atoms with E-state index in [1.165, 1.54) is 6.20 Å². The van der Waals surface area contributed by atoms with E-state index < -0.39 is 0 Å². The molecule has 1 fully saturated rings. The van der Waals surface area contributed by atoms with Crippen LogP contribution in [-0.4, -0.2) is 55.2 Å². The number of hydrogen-bond acceptors (Lipinski definition) is 5. The van der Waals surface area contributed by atoms with Crippen molar-refractivity contribution in [2.75, 3.05) is 38.2 Å². The third-order valence-corrected chi connectivity index (χ3v) is 3.77. The molecular formula is C16H22N4O2. The number of hydrogen-bond donors (Lipinski definition) is 0. The molecule has 0 N–H and O–H groups in total. The molecule has 1 amide bonds. The van der Waals surface area contributed by atoms with Crippen molar-refractivity contribution < 1.29 is 9.53 Å². The van der Waals surface area contributed by atoms with Crippen molar-refractivity contribution in [1.29, 1.82) is 5.26 Å². The van der Waals surface area contributed by atoms with Crippen LogP contribution in [-0.2, 0) is 9.53 Å². The first-order valence-electron chi connectivity index (χ1n) is 7.60. The van der Waals surface area contributed by atoms with Gasteiger partial charge in [0.25, 0.3) is 0 Å². The first kappa shape index (κ1) is 16.2. The second-order valence-corrected chi connectivity index (χ2v) is 5.43. The second kappa shape index (κ2) is 7.76. The lowest BCUT2D eigenvalue weighted by molar-refractivity contribution is -0.133. The lowest BCUT2D eigenvalue weighted by Gasteiger charge is -2.33. The highest BCUT2D eigenvalue weighted by molar-refractivity contribution is 5.81. The number of ether oxygens (including phenoxy) is 1. The van der Waals surface area contributed by atoms with Gasteiger partial charge in [-0.2, -0.15) is 5.26 Å². The molecule has 1 atom stereocenters. The summed E-state index contributed by atoms with van der Waals surface area (Å²) in [5.74, 6) is 0.767. The molecule has 0 spiro atoms. The largest absolute Gasteiger partial charge is 0.377 e. The topological polar surface area (TPSA) is 69.5 Å². The van der Waals surface area contributed by atoms with Crippen LogP contribution < -0.4 is 4.90 Å². The molecule has 0 saturated carbocycles. The van der Waals surface area contributed by atoms with Gasteiger partial charge in [-0.25, -0.2) is 4.98 Å². The second-order valence-electron chi connectivity index (χ2n) is 5.43. The lowest BCUT2D eigenvalue weighted by atomic mass is 10.1. The minimum absolute atomic E-state index is 0.0815. The van der Waals surface area contributed by atoms with Crippen molar-refractivity contribution in [3.63, 3.8) is 0 Å². The Kier molecular flexibility index (Phi) is 5.73. The number of nitrogens with zero attached hydrogens (tertiary/aromatic N) is 4. The minimum Gasteiger partial charge on any atom is -0.377 e. The fourth-order valence-corrected chi connectivity index (χ4v) is 2.60. The van der Waals surface area contributed by atoms with E-state index in [1.807, 2.05) is 24.9 Å². The molecule has 0 unspecified atom stereocenters. The summed E-state index contributed by atoms with van der Waals surface area (Å²) in [7, 11) is 1.83. The predicted molar refractivity (Wildman–Crippen MR) is 83.5 cm³/mol. The Labute approximate surface area is 131 Å². The van der Waals surface area contributed by atoms with Gasteiger partial charge >= 0.3 is 0 Å². The summed E-state index contributed by atoms with van der Waals surface area (Å²) < 4.78 is 5.63. The molecule has 0 aliphatic carbocycles. The zero-order valence-corrected chi connectivity index (χ0v) is 13.2. The number of likely N-dealkylation sites (N-methyl/N-ethyl adjacent to an activating group) is 1. The van der Waals surface area contributed by atoms with Crippen molar-refractivity contribution in [2.24, 2.45) is 0 Å². The molecule has 0 aromatic carbocycles. The first-order chi connectivity index (χ1) is 10.6. The average molecular weight is 302 g/mol. The zero-order valence-electron chi connectivity index (χ0n) is 13.2. The Hall–Kier alpha value is -2.13. The van der Waals surface area contributed by atoms with Crippen LogP contribution >= 0.6 is 0 Å². The van der Waals surface area contributed by atoms with Crippen LogP contribution in [0.15, 0.2) is 18.3 Å². The molecule has 6 heteroatoms. The van der Waals surface area contributed by atoms with Crippen molar-refractivity contribution in [3.8, 4) is 6.07 Å². The third kappa shape index (κ3) is 4.18. The van der Waals surface area contributed by atoms with Crippen LogP contribution in [0, 0.1) is 11.3 Å². The van der Waals surface area contributed by atoms with Crippen molar-refractivity contribution in [1.82, 2.24) is 9.88 Å². The summed E-state index contributed by atoms with van der Waals surface area (Å²) in [4.78, 5) is 20.3. The first-order valence-corrected chi connectivity index (χ1v) is 7.60. The van der Waals surface area contributed by atoms with E-state index in [0.29, 0.717) is 24.5 Å². The Morgan fingerprint density at radius 1 is 1.59 bits per heavy atom. The Morgan fingerprint density at radius 2 is 2.41 bits per heavy atom. The molecule has 1 aromatic heterocycles. The molecule has 2 heterocycles. The minimum atomic E-state index is 0.0815. The van der Waals surface area contributed by atoms with Gasteiger partial charge in [0.15, 0.2) is 0 Å². The van der Waals surface area contributed by atoms with Crippen molar-refractivity contribution >= 4 is 11.7 Å². The quantitative estimate of drug-likeness (QED) is 0.822. The molecule has 0 radical (unpaired) electrons. The van der Waals surface area contributed by atoms with E-state index in [-0.39, 0.29) is 18.6 Å². The van der Waals surface area contributed by atoms with E-state index in [9.17, 15) is 4.79 Å². The van der Waals surface area contributed by atoms with Crippen LogP contribution in [0.2, 0.25) is 0 Å². The maximum atomic E-state index is 12.4. The summed E-state index contributed by atoms with van der Waals surface area (Å²) >= 11 is 0. The Bertz CT molecular complexity index is 536. The molecule has 1 saturated heterocycles. The molecule has 1 aromatic rings. The van der Waals surface area contributed by atoms with Crippen LogP contribution in [0.5, 0.6) is 0 Å². The number of aromatic nitrogens is 1. The normalized spacial score (nSPS) is 17.9. The van der Waals surface area contributed by atoms with E-state index in [1.54, 1.807) is 17.0 Å². The van der Waals surface area contributed by atoms with Crippen molar-refractivity contribution in [2.45, 2.75) is 25.9 Å². The summed E-state index contributed by atoms with van der Waals surface area (Å²) in [5, 5.41) is 8.77. The van der Waals surface area contributed by atoms with E-state index in [2.05, 4.69) is 4.98 Å². The standard InChI is InChI=1S/C16H22N4O2/c1-3-22-14-5-4-8-20(11-14)16(21)12-19(2)15-7-6-13(9-17)10-18-15/h6-7,10,14H,3-5,8,11-12H2,1-2H3/t14-/m1/s1. The molecule has 6 nitrogen and oxygen atoms in total. The average Bonchev–Trinajstić information content (AvgIpc) is 2.55. The Morgan fingerprint density at radius 3 is 3.05 bits per heavy atom. The van der Waals surface area contributed by atoms with E-state index in [4.69, 9.17) is 10.00 Å². The van der Waals surface area contributed by atoms with Gasteiger partial charge in [0.05, 0.1) is 18.2 Å². The predicted octanol–water partition coefficient (Wildman–Crippen LogP) is 1.42. The number of nitriles is 1. The Balaban J connectivity index is 1.91. The summed E-state index contributed by atoms with van der Waals surface area (Å²) in [6.07, 6.45) is 3.67. The van der Waals surface area contributed by atoms with Gasteiger partial charge in [-0.3, -0.25) is 4.79 Å². The van der Waals surface area contributed by atoms with Crippen LogP contribution in [0.4, 0.5) is 5.82 Å². The number of piperidine rings is 1. The SMILES string of the molecule is CCO[C@@H]1CCCN(C(=O)CN(C)c2ccc(C#N)cn2)C1. The molecule has 1 aliphatic heterocycles. The van der Waals surface area contributed by atoms with Crippen LogP contribution in [0.25, 0.3) is 0 Å². The molecular weight excluding hydrogens is 280 g/mol. The molecule has 0 bridgehead atoms. The number of amides is 1.